The van der Waals surface area contributed by atoms with Crippen LogP contribution in [-0.2, 0) is 0 Å². The molecule has 0 aliphatic carbocycles. The maximum Gasteiger partial charge on any atom is 0.193 e. The predicted octanol–water partition coefficient (Wildman–Crippen LogP) is 5.36. The highest BCUT2D eigenvalue weighted by atomic mass is 79.9. The van der Waals surface area contributed by atoms with Gasteiger partial charge < -0.3 is 0 Å². The van der Waals surface area contributed by atoms with E-state index in [1.54, 1.807) is 6.07 Å². The van der Waals surface area contributed by atoms with Gasteiger partial charge in [0, 0.05) is 11.1 Å². The first kappa shape index (κ1) is 15.9. The first-order valence-corrected chi connectivity index (χ1v) is 7.61. The Bertz CT molecular complexity index is 718. The van der Waals surface area contributed by atoms with Crippen molar-refractivity contribution < 1.29 is 9.18 Å². The quantitative estimate of drug-likeness (QED) is 0.667. The minimum absolute atomic E-state index is 0.0584. The number of hydrogen-bond acceptors (Lipinski definition) is 1. The van der Waals surface area contributed by atoms with Gasteiger partial charge >= 0.3 is 0 Å². The zero-order valence-corrected chi connectivity index (χ0v) is 14.5. The van der Waals surface area contributed by atoms with Crippen LogP contribution in [0.5, 0.6) is 0 Å². The van der Waals surface area contributed by atoms with Gasteiger partial charge in [0.05, 0.1) is 4.47 Å². The molecule has 0 atom stereocenters. The molecule has 0 radical (unpaired) electrons. The van der Waals surface area contributed by atoms with E-state index in [1.165, 1.54) is 17.7 Å². The zero-order valence-electron chi connectivity index (χ0n) is 12.9. The Balaban J connectivity index is 2.66. The largest absolute Gasteiger partial charge is 0.289 e. The Kier molecular flexibility index (Phi) is 4.33. The monoisotopic (exact) mass is 348 g/mol. The summed E-state index contributed by atoms with van der Waals surface area (Å²) in [6, 6.07) is 4.39. The molecule has 21 heavy (non-hydrogen) atoms. The summed E-state index contributed by atoms with van der Waals surface area (Å²) in [5.74, 6) is -0.423. The SMILES string of the molecule is Cc1c(C)c(C)c(C(=O)c2ccc(F)c(Br)c2)c(C)c1C. The maximum atomic E-state index is 13.3. The average Bonchev–Trinajstić information content (AvgIpc) is 2.46. The van der Waals surface area contributed by atoms with Crippen LogP contribution in [0.25, 0.3) is 0 Å². The highest BCUT2D eigenvalue weighted by Crippen LogP contribution is 2.28. The number of benzene rings is 2. The first-order chi connectivity index (χ1) is 9.75. The number of hydrogen-bond donors (Lipinski definition) is 0. The van der Waals surface area contributed by atoms with E-state index in [9.17, 15) is 9.18 Å². The molecule has 0 unspecified atom stereocenters. The van der Waals surface area contributed by atoms with Crippen LogP contribution in [0, 0.1) is 40.4 Å². The third-order valence-corrected chi connectivity index (χ3v) is 5.02. The molecule has 0 saturated heterocycles. The van der Waals surface area contributed by atoms with Crippen LogP contribution >= 0.6 is 15.9 Å². The topological polar surface area (TPSA) is 17.1 Å². The Morgan fingerprint density at radius 1 is 0.905 bits per heavy atom. The molecule has 0 spiro atoms. The lowest BCUT2D eigenvalue weighted by Gasteiger charge is -2.18. The molecule has 3 heteroatoms. The lowest BCUT2D eigenvalue weighted by molar-refractivity contribution is 0.103. The molecule has 0 aromatic heterocycles. The van der Waals surface area contributed by atoms with E-state index in [4.69, 9.17) is 0 Å². The van der Waals surface area contributed by atoms with E-state index in [0.717, 1.165) is 27.8 Å². The van der Waals surface area contributed by atoms with Gasteiger partial charge in [-0.25, -0.2) is 4.39 Å². The van der Waals surface area contributed by atoms with Crippen LogP contribution in [0.2, 0.25) is 0 Å². The predicted molar refractivity (Wildman–Crippen MR) is 87.7 cm³/mol. The van der Waals surface area contributed by atoms with Crippen molar-refractivity contribution in [2.75, 3.05) is 0 Å². The number of carbonyl (C=O) groups excluding carboxylic acids is 1. The van der Waals surface area contributed by atoms with Crippen molar-refractivity contribution >= 4 is 21.7 Å². The van der Waals surface area contributed by atoms with Gasteiger partial charge in [-0.15, -0.1) is 0 Å². The Labute approximate surface area is 133 Å². The van der Waals surface area contributed by atoms with E-state index in [0.29, 0.717) is 10.0 Å². The molecule has 0 fully saturated rings. The Morgan fingerprint density at radius 3 is 1.86 bits per heavy atom. The molecule has 0 N–H and O–H groups in total. The third-order valence-electron chi connectivity index (χ3n) is 4.41. The molecule has 1 nitrogen and oxygen atoms in total. The van der Waals surface area contributed by atoms with Crippen molar-refractivity contribution in [1.82, 2.24) is 0 Å². The van der Waals surface area contributed by atoms with Gasteiger partial charge in [0.2, 0.25) is 0 Å². The smallest absolute Gasteiger partial charge is 0.193 e. The molecule has 2 rings (SSSR count). The lowest BCUT2D eigenvalue weighted by Crippen LogP contribution is -2.10. The van der Waals surface area contributed by atoms with E-state index in [2.05, 4.69) is 22.9 Å². The second kappa shape index (κ2) is 5.72. The summed E-state index contributed by atoms with van der Waals surface area (Å²) in [6.45, 7) is 10.1. The van der Waals surface area contributed by atoms with Crippen LogP contribution in [0.4, 0.5) is 4.39 Å². The van der Waals surface area contributed by atoms with E-state index in [1.807, 2.05) is 27.7 Å². The van der Waals surface area contributed by atoms with Crippen LogP contribution in [-0.4, -0.2) is 5.78 Å². The number of halogens is 2. The molecule has 110 valence electrons. The number of carbonyl (C=O) groups is 1. The fourth-order valence-electron chi connectivity index (χ4n) is 2.62. The summed E-state index contributed by atoms with van der Waals surface area (Å²) < 4.78 is 13.7. The second-order valence-corrected chi connectivity index (χ2v) is 6.31. The number of rotatable bonds is 2. The Hall–Kier alpha value is -1.48. The van der Waals surface area contributed by atoms with Crippen molar-refractivity contribution in [2.24, 2.45) is 0 Å². The van der Waals surface area contributed by atoms with Gasteiger partial charge in [-0.05, 0) is 96.6 Å². The second-order valence-electron chi connectivity index (χ2n) is 5.46. The molecule has 0 amide bonds. The van der Waals surface area contributed by atoms with E-state index in [-0.39, 0.29) is 11.6 Å². The summed E-state index contributed by atoms with van der Waals surface area (Å²) in [5.41, 5.74) is 6.74. The van der Waals surface area contributed by atoms with Crippen molar-refractivity contribution in [1.29, 1.82) is 0 Å². The zero-order chi connectivity index (χ0) is 15.9. The first-order valence-electron chi connectivity index (χ1n) is 6.82. The highest BCUT2D eigenvalue weighted by Gasteiger charge is 2.20. The molecule has 0 heterocycles. The fourth-order valence-corrected chi connectivity index (χ4v) is 3.00. The lowest BCUT2D eigenvalue weighted by atomic mass is 9.86. The highest BCUT2D eigenvalue weighted by molar-refractivity contribution is 9.10. The van der Waals surface area contributed by atoms with Gasteiger partial charge in [-0.3, -0.25) is 4.79 Å². The van der Waals surface area contributed by atoms with Crippen molar-refractivity contribution in [3.8, 4) is 0 Å². The summed E-state index contributed by atoms with van der Waals surface area (Å²) in [7, 11) is 0. The molecule has 0 aliphatic rings. The number of ketones is 1. The Morgan fingerprint density at radius 2 is 1.38 bits per heavy atom. The maximum absolute atomic E-state index is 13.3. The molecule has 2 aromatic rings. The standard InChI is InChI=1S/C18H18BrFO/c1-9-10(2)12(4)17(13(5)11(9)3)18(21)14-6-7-16(20)15(19)8-14/h6-8H,1-5H3. The third kappa shape index (κ3) is 2.67. The van der Waals surface area contributed by atoms with Crippen LogP contribution < -0.4 is 0 Å². The van der Waals surface area contributed by atoms with Crippen LogP contribution in [0.15, 0.2) is 22.7 Å². The molecule has 0 bridgehead atoms. The molecule has 0 aliphatic heterocycles. The molecule has 0 saturated carbocycles. The van der Waals surface area contributed by atoms with Gasteiger partial charge in [-0.2, -0.15) is 0 Å². The summed E-state index contributed by atoms with van der Waals surface area (Å²) in [6.07, 6.45) is 0. The van der Waals surface area contributed by atoms with Gasteiger partial charge in [0.1, 0.15) is 5.82 Å². The van der Waals surface area contributed by atoms with Crippen molar-refractivity contribution in [2.45, 2.75) is 34.6 Å². The average molecular weight is 349 g/mol. The normalized spacial score (nSPS) is 10.8. The summed E-state index contributed by atoms with van der Waals surface area (Å²) in [4.78, 5) is 12.8. The molecular formula is C18H18BrFO. The summed E-state index contributed by atoms with van der Waals surface area (Å²) >= 11 is 3.14. The van der Waals surface area contributed by atoms with Crippen LogP contribution in [0.1, 0.15) is 43.7 Å². The minimum Gasteiger partial charge on any atom is -0.289 e. The van der Waals surface area contributed by atoms with Crippen molar-refractivity contribution in [3.05, 3.63) is 67.4 Å². The van der Waals surface area contributed by atoms with Crippen LogP contribution in [0.3, 0.4) is 0 Å². The van der Waals surface area contributed by atoms with E-state index < -0.39 is 0 Å². The van der Waals surface area contributed by atoms with Gasteiger partial charge in [0.15, 0.2) is 5.78 Å². The summed E-state index contributed by atoms with van der Waals surface area (Å²) in [5, 5.41) is 0. The fraction of sp³-hybridized carbons (Fsp3) is 0.278. The molecule has 2 aromatic carbocycles. The van der Waals surface area contributed by atoms with E-state index >= 15 is 0 Å². The van der Waals surface area contributed by atoms with Gasteiger partial charge in [-0.1, -0.05) is 0 Å². The minimum atomic E-state index is -0.365. The van der Waals surface area contributed by atoms with Crippen molar-refractivity contribution in [3.63, 3.8) is 0 Å². The molecular weight excluding hydrogens is 331 g/mol. The van der Waals surface area contributed by atoms with Gasteiger partial charge in [0.25, 0.3) is 0 Å².